The summed E-state index contributed by atoms with van der Waals surface area (Å²) < 4.78 is 0. The van der Waals surface area contributed by atoms with Gasteiger partial charge in [0.05, 0.1) is 6.04 Å². The first-order valence-electron chi connectivity index (χ1n) is 6.27. The molecule has 0 radical (unpaired) electrons. The largest absolute Gasteiger partial charge is 0.351 e. The molecule has 0 bridgehead atoms. The lowest BCUT2D eigenvalue weighted by molar-refractivity contribution is -0.122. The van der Waals surface area contributed by atoms with Gasteiger partial charge >= 0.3 is 0 Å². The van der Waals surface area contributed by atoms with Gasteiger partial charge in [-0.05, 0) is 31.0 Å². The summed E-state index contributed by atoms with van der Waals surface area (Å²) in [6, 6.07) is 7.34. The topological polar surface area (TPSA) is 55.1 Å². The molecule has 18 heavy (non-hydrogen) atoms. The highest BCUT2D eigenvalue weighted by molar-refractivity contribution is 6.30. The van der Waals surface area contributed by atoms with Gasteiger partial charge in [0.1, 0.15) is 0 Å². The first kappa shape index (κ1) is 15.0. The molecule has 0 aliphatic heterocycles. The average Bonchev–Trinajstić information content (AvgIpc) is 2.35. The van der Waals surface area contributed by atoms with Crippen LogP contribution in [0.1, 0.15) is 38.7 Å². The van der Waals surface area contributed by atoms with Gasteiger partial charge in [0.15, 0.2) is 0 Å². The lowest BCUT2D eigenvalue weighted by Gasteiger charge is -2.25. The molecule has 1 amide bonds. The van der Waals surface area contributed by atoms with Crippen molar-refractivity contribution in [3.63, 3.8) is 0 Å². The summed E-state index contributed by atoms with van der Waals surface area (Å²) in [5.41, 5.74) is 6.73. The van der Waals surface area contributed by atoms with E-state index >= 15 is 0 Å². The Bertz CT molecular complexity index is 389. The van der Waals surface area contributed by atoms with Crippen molar-refractivity contribution in [3.05, 3.63) is 34.9 Å². The molecule has 0 fully saturated rings. The van der Waals surface area contributed by atoms with Crippen LogP contribution in [0.4, 0.5) is 0 Å². The molecule has 100 valence electrons. The van der Waals surface area contributed by atoms with E-state index in [2.05, 4.69) is 19.2 Å². The monoisotopic (exact) mass is 268 g/mol. The van der Waals surface area contributed by atoms with Gasteiger partial charge in [0.2, 0.25) is 5.91 Å². The van der Waals surface area contributed by atoms with Crippen LogP contribution in [0.3, 0.4) is 0 Å². The Morgan fingerprint density at radius 3 is 2.33 bits per heavy atom. The van der Waals surface area contributed by atoms with Crippen LogP contribution < -0.4 is 11.1 Å². The molecule has 0 aliphatic carbocycles. The number of nitrogens with two attached hydrogens (primary N) is 1. The molecule has 0 aliphatic rings. The molecule has 0 aromatic heterocycles. The number of benzene rings is 1. The zero-order chi connectivity index (χ0) is 13.7. The molecule has 3 N–H and O–H groups in total. The van der Waals surface area contributed by atoms with E-state index < -0.39 is 6.04 Å². The van der Waals surface area contributed by atoms with Gasteiger partial charge in [0.25, 0.3) is 0 Å². The van der Waals surface area contributed by atoms with Crippen molar-refractivity contribution in [2.24, 2.45) is 5.73 Å². The van der Waals surface area contributed by atoms with Crippen LogP contribution in [0.2, 0.25) is 5.02 Å². The van der Waals surface area contributed by atoms with Gasteiger partial charge in [-0.1, -0.05) is 37.6 Å². The van der Waals surface area contributed by atoms with Gasteiger partial charge in [-0.3, -0.25) is 4.79 Å². The molecule has 1 aromatic carbocycles. The van der Waals surface area contributed by atoms with E-state index in [1.807, 2.05) is 24.3 Å². The van der Waals surface area contributed by atoms with E-state index in [1.54, 1.807) is 6.92 Å². The van der Waals surface area contributed by atoms with E-state index in [4.69, 9.17) is 17.3 Å². The zero-order valence-electron chi connectivity index (χ0n) is 11.1. The Kier molecular flexibility index (Phi) is 5.63. The lowest BCUT2D eigenvalue weighted by atomic mass is 9.91. The van der Waals surface area contributed by atoms with E-state index in [1.165, 1.54) is 0 Å². The van der Waals surface area contributed by atoms with Gasteiger partial charge in [-0.2, -0.15) is 0 Å². The van der Waals surface area contributed by atoms with Crippen LogP contribution >= 0.6 is 11.6 Å². The molecule has 0 spiro atoms. The van der Waals surface area contributed by atoms with Crippen molar-refractivity contribution in [1.29, 1.82) is 0 Å². The number of hydrogen-bond acceptors (Lipinski definition) is 2. The van der Waals surface area contributed by atoms with Gasteiger partial charge in [0, 0.05) is 17.0 Å². The first-order valence-corrected chi connectivity index (χ1v) is 6.65. The normalized spacial score (nSPS) is 15.8. The van der Waals surface area contributed by atoms with E-state index in [0.29, 0.717) is 0 Å². The Morgan fingerprint density at radius 2 is 1.89 bits per heavy atom. The SMILES string of the molecule is CCC(NC(=O)C(C)N)C(C)c1ccc(Cl)cc1. The molecular formula is C14H21ClN2O. The maximum atomic E-state index is 11.6. The minimum atomic E-state index is -0.475. The molecule has 1 aromatic rings. The summed E-state index contributed by atoms with van der Waals surface area (Å²) in [6.45, 7) is 5.84. The molecule has 0 saturated heterocycles. The maximum absolute atomic E-state index is 11.6. The second-order valence-corrected chi connectivity index (χ2v) is 5.09. The van der Waals surface area contributed by atoms with Crippen LogP contribution in [0.25, 0.3) is 0 Å². The Hall–Kier alpha value is -1.06. The van der Waals surface area contributed by atoms with Gasteiger partial charge in [-0.15, -0.1) is 0 Å². The number of nitrogens with one attached hydrogen (secondary N) is 1. The minimum absolute atomic E-state index is 0.0877. The predicted octanol–water partition coefficient (Wildman–Crippen LogP) is 2.69. The van der Waals surface area contributed by atoms with Gasteiger partial charge < -0.3 is 11.1 Å². The smallest absolute Gasteiger partial charge is 0.236 e. The summed E-state index contributed by atoms with van der Waals surface area (Å²) in [5.74, 6) is 0.123. The summed E-state index contributed by atoms with van der Waals surface area (Å²) >= 11 is 5.87. The fraction of sp³-hybridized carbons (Fsp3) is 0.500. The van der Waals surface area contributed by atoms with E-state index in [9.17, 15) is 4.79 Å². The van der Waals surface area contributed by atoms with Crippen molar-refractivity contribution < 1.29 is 4.79 Å². The second-order valence-electron chi connectivity index (χ2n) is 4.65. The quantitative estimate of drug-likeness (QED) is 0.863. The lowest BCUT2D eigenvalue weighted by Crippen LogP contribution is -2.45. The van der Waals surface area contributed by atoms with E-state index in [0.717, 1.165) is 17.0 Å². The predicted molar refractivity (Wildman–Crippen MR) is 75.7 cm³/mol. The summed E-state index contributed by atoms with van der Waals surface area (Å²) in [7, 11) is 0. The second kappa shape index (κ2) is 6.76. The Labute approximate surface area is 114 Å². The van der Waals surface area contributed by atoms with Crippen LogP contribution in [-0.2, 0) is 4.79 Å². The van der Waals surface area contributed by atoms with Gasteiger partial charge in [-0.25, -0.2) is 0 Å². The molecule has 3 unspecified atom stereocenters. The van der Waals surface area contributed by atoms with E-state index in [-0.39, 0.29) is 17.9 Å². The van der Waals surface area contributed by atoms with Crippen LogP contribution in [-0.4, -0.2) is 18.0 Å². The highest BCUT2D eigenvalue weighted by Crippen LogP contribution is 2.22. The van der Waals surface area contributed by atoms with Crippen LogP contribution in [0.15, 0.2) is 24.3 Å². The number of hydrogen-bond donors (Lipinski definition) is 2. The van der Waals surface area contributed by atoms with Crippen molar-refractivity contribution in [2.45, 2.75) is 45.2 Å². The molecule has 0 saturated carbocycles. The number of amides is 1. The fourth-order valence-corrected chi connectivity index (χ4v) is 2.02. The summed E-state index contributed by atoms with van der Waals surface area (Å²) in [5, 5.41) is 3.70. The standard InChI is InChI=1S/C14H21ClN2O/c1-4-13(17-14(18)10(3)16)9(2)11-5-7-12(15)8-6-11/h5-10,13H,4,16H2,1-3H3,(H,17,18). The fourth-order valence-electron chi connectivity index (χ4n) is 1.89. The Morgan fingerprint density at radius 1 is 1.33 bits per heavy atom. The maximum Gasteiger partial charge on any atom is 0.236 e. The molecule has 3 atom stereocenters. The molecular weight excluding hydrogens is 248 g/mol. The number of carbonyl (C=O) groups excluding carboxylic acids is 1. The van der Waals surface area contributed by atoms with Crippen LogP contribution in [0.5, 0.6) is 0 Å². The number of carbonyl (C=O) groups is 1. The third kappa shape index (κ3) is 4.00. The Balaban J connectivity index is 2.75. The average molecular weight is 269 g/mol. The number of halogens is 1. The number of rotatable bonds is 5. The first-order chi connectivity index (χ1) is 8.45. The highest BCUT2D eigenvalue weighted by Gasteiger charge is 2.20. The summed E-state index contributed by atoms with van der Waals surface area (Å²) in [4.78, 5) is 11.6. The zero-order valence-corrected chi connectivity index (χ0v) is 11.9. The minimum Gasteiger partial charge on any atom is -0.351 e. The molecule has 1 rings (SSSR count). The molecule has 0 heterocycles. The molecule has 4 heteroatoms. The van der Waals surface area contributed by atoms with Crippen molar-refractivity contribution in [2.75, 3.05) is 0 Å². The molecule has 3 nitrogen and oxygen atoms in total. The van der Waals surface area contributed by atoms with Crippen molar-refractivity contribution in [3.8, 4) is 0 Å². The van der Waals surface area contributed by atoms with Crippen molar-refractivity contribution >= 4 is 17.5 Å². The third-order valence-corrected chi connectivity index (χ3v) is 3.43. The van der Waals surface area contributed by atoms with Crippen LogP contribution in [0, 0.1) is 0 Å². The third-order valence-electron chi connectivity index (χ3n) is 3.18. The highest BCUT2D eigenvalue weighted by atomic mass is 35.5. The summed E-state index contributed by atoms with van der Waals surface area (Å²) in [6.07, 6.45) is 0.863. The van der Waals surface area contributed by atoms with Crippen molar-refractivity contribution in [1.82, 2.24) is 5.32 Å².